The molecule has 96 valence electrons. The number of carbonyl (C=O) groups is 1. The molecule has 1 aliphatic heterocycles. The van der Waals surface area contributed by atoms with E-state index in [9.17, 15) is 9.18 Å². The number of rotatable bonds is 1. The number of nitrogens with one attached hydrogen (secondary N) is 1. The second kappa shape index (κ2) is 6.02. The number of pyridine rings is 1. The van der Waals surface area contributed by atoms with Crippen LogP contribution < -0.4 is 5.32 Å². The fraction of sp³-hybridized carbons (Fsp3) is 0.417. The predicted molar refractivity (Wildman–Crippen MR) is 58.9 cm³/mol. The summed E-state index contributed by atoms with van der Waals surface area (Å²) in [7, 11) is 0. The van der Waals surface area contributed by atoms with E-state index in [2.05, 4.69) is 10.3 Å². The molecule has 1 N–H and O–H groups in total. The van der Waals surface area contributed by atoms with Crippen LogP contribution in [0, 0.1) is 18.7 Å². The topological polar surface area (TPSA) is 76.1 Å². The van der Waals surface area contributed by atoms with Crippen LogP contribution in [0.5, 0.6) is 0 Å². The first-order chi connectivity index (χ1) is 8.51. The third-order valence-corrected chi connectivity index (χ3v) is 2.87. The summed E-state index contributed by atoms with van der Waals surface area (Å²) in [6.45, 7) is 4.07. The van der Waals surface area contributed by atoms with Crippen LogP contribution in [0.25, 0.3) is 0 Å². The SMILES string of the molecule is Cc1cnc([C@@H]2CNC(=O)[C@H]2C)c(F)c1.O=C=O. The van der Waals surface area contributed by atoms with Crippen LogP contribution in [0.4, 0.5) is 4.39 Å². The van der Waals surface area contributed by atoms with Gasteiger partial charge in [-0.05, 0) is 18.6 Å². The molecule has 1 aromatic rings. The second-order valence-electron chi connectivity index (χ2n) is 4.10. The zero-order valence-electron chi connectivity index (χ0n) is 10.1. The van der Waals surface area contributed by atoms with Crippen LogP contribution in [0.15, 0.2) is 12.3 Å². The number of amides is 1. The number of nitrogens with zero attached hydrogens (tertiary/aromatic N) is 1. The van der Waals surface area contributed by atoms with Crippen molar-refractivity contribution in [2.75, 3.05) is 6.54 Å². The summed E-state index contributed by atoms with van der Waals surface area (Å²) in [4.78, 5) is 31.6. The van der Waals surface area contributed by atoms with E-state index in [1.807, 2.05) is 0 Å². The van der Waals surface area contributed by atoms with Gasteiger partial charge in [-0.25, -0.2) is 4.39 Å². The molecule has 0 bridgehead atoms. The molecule has 2 heterocycles. The van der Waals surface area contributed by atoms with E-state index in [1.165, 1.54) is 6.07 Å². The van der Waals surface area contributed by atoms with Gasteiger partial charge in [-0.15, -0.1) is 0 Å². The van der Waals surface area contributed by atoms with Crippen LogP contribution in [-0.4, -0.2) is 23.6 Å². The van der Waals surface area contributed by atoms with Gasteiger partial charge in [-0.3, -0.25) is 9.78 Å². The molecule has 18 heavy (non-hydrogen) atoms. The van der Waals surface area contributed by atoms with E-state index in [0.29, 0.717) is 12.2 Å². The standard InChI is InChI=1S/C11H13FN2O.CO2/c1-6-3-9(12)10(13-4-6)8-5-14-11(15)7(8)2;2-1-3/h3-4,7-8H,5H2,1-2H3,(H,14,15);/t7-,8+;/m0./s1. The Morgan fingerprint density at radius 1 is 1.50 bits per heavy atom. The second-order valence-corrected chi connectivity index (χ2v) is 4.10. The van der Waals surface area contributed by atoms with E-state index < -0.39 is 0 Å². The minimum atomic E-state index is -0.316. The molecule has 2 rings (SSSR count). The Labute approximate surface area is 103 Å². The fourth-order valence-electron chi connectivity index (χ4n) is 1.88. The lowest BCUT2D eigenvalue weighted by Gasteiger charge is -2.12. The molecule has 5 nitrogen and oxygen atoms in total. The average molecular weight is 252 g/mol. The highest BCUT2D eigenvalue weighted by atomic mass is 19.1. The highest BCUT2D eigenvalue weighted by molar-refractivity contribution is 5.81. The Morgan fingerprint density at radius 3 is 2.56 bits per heavy atom. The van der Waals surface area contributed by atoms with E-state index in [-0.39, 0.29) is 29.7 Å². The predicted octanol–water partition coefficient (Wildman–Crippen LogP) is 0.795. The maximum atomic E-state index is 13.6. The molecule has 1 aliphatic rings. The van der Waals surface area contributed by atoms with Gasteiger partial charge in [0.15, 0.2) is 0 Å². The Balaban J connectivity index is 0.000000492. The van der Waals surface area contributed by atoms with Gasteiger partial charge in [-0.2, -0.15) is 9.59 Å². The van der Waals surface area contributed by atoms with Crippen LogP contribution >= 0.6 is 0 Å². The summed E-state index contributed by atoms with van der Waals surface area (Å²) in [5.74, 6) is -0.682. The van der Waals surface area contributed by atoms with Gasteiger partial charge in [0.1, 0.15) is 5.82 Å². The quantitative estimate of drug-likeness (QED) is 0.801. The summed E-state index contributed by atoms with van der Waals surface area (Å²) < 4.78 is 13.6. The zero-order chi connectivity index (χ0) is 13.7. The van der Waals surface area contributed by atoms with E-state index in [1.54, 1.807) is 20.0 Å². The number of hydrogen-bond donors (Lipinski definition) is 1. The largest absolute Gasteiger partial charge is 0.373 e. The van der Waals surface area contributed by atoms with Crippen molar-refractivity contribution in [3.63, 3.8) is 0 Å². The Morgan fingerprint density at radius 2 is 2.11 bits per heavy atom. The third kappa shape index (κ3) is 2.99. The average Bonchev–Trinajstić information content (AvgIpc) is 2.62. The number of aryl methyl sites for hydroxylation is 1. The van der Waals surface area contributed by atoms with Crippen LogP contribution in [0.3, 0.4) is 0 Å². The van der Waals surface area contributed by atoms with Gasteiger partial charge < -0.3 is 5.32 Å². The summed E-state index contributed by atoms with van der Waals surface area (Å²) in [6, 6.07) is 1.46. The lowest BCUT2D eigenvalue weighted by Crippen LogP contribution is -2.17. The normalized spacial score (nSPS) is 21.6. The molecule has 0 saturated carbocycles. The molecule has 0 spiro atoms. The summed E-state index contributed by atoms with van der Waals surface area (Å²) in [5.41, 5.74) is 1.19. The van der Waals surface area contributed by atoms with Crippen LogP contribution in [0.2, 0.25) is 0 Å². The summed E-state index contributed by atoms with van der Waals surface area (Å²) in [5, 5.41) is 2.71. The van der Waals surface area contributed by atoms with E-state index >= 15 is 0 Å². The molecule has 1 aromatic heterocycles. The molecule has 6 heteroatoms. The van der Waals surface area contributed by atoms with Crippen molar-refractivity contribution in [2.24, 2.45) is 5.92 Å². The smallest absolute Gasteiger partial charge is 0.355 e. The maximum absolute atomic E-state index is 13.6. The minimum absolute atomic E-state index is 0.0261. The summed E-state index contributed by atoms with van der Waals surface area (Å²) >= 11 is 0. The molecule has 1 amide bonds. The van der Waals surface area contributed by atoms with Crippen molar-refractivity contribution in [3.05, 3.63) is 29.3 Å². The molecule has 0 radical (unpaired) electrons. The van der Waals surface area contributed by atoms with E-state index in [0.717, 1.165) is 5.56 Å². The first-order valence-electron chi connectivity index (χ1n) is 5.40. The molecule has 0 aliphatic carbocycles. The van der Waals surface area contributed by atoms with Gasteiger partial charge >= 0.3 is 6.15 Å². The lowest BCUT2D eigenvalue weighted by molar-refractivity contribution is -0.191. The van der Waals surface area contributed by atoms with Gasteiger partial charge in [0.2, 0.25) is 5.91 Å². The van der Waals surface area contributed by atoms with Crippen molar-refractivity contribution in [3.8, 4) is 0 Å². The van der Waals surface area contributed by atoms with Gasteiger partial charge in [-0.1, -0.05) is 6.92 Å². The Bertz CT molecular complexity index is 484. The highest BCUT2D eigenvalue weighted by Crippen LogP contribution is 2.28. The molecule has 2 atom stereocenters. The number of halogens is 1. The van der Waals surface area contributed by atoms with Crippen molar-refractivity contribution in [1.29, 1.82) is 0 Å². The number of carbonyl (C=O) groups excluding carboxylic acids is 3. The summed E-state index contributed by atoms with van der Waals surface area (Å²) in [6.07, 6.45) is 1.88. The first kappa shape index (κ1) is 14.0. The van der Waals surface area contributed by atoms with Crippen molar-refractivity contribution in [1.82, 2.24) is 10.3 Å². The van der Waals surface area contributed by atoms with Crippen LogP contribution in [-0.2, 0) is 14.4 Å². The maximum Gasteiger partial charge on any atom is 0.373 e. The number of aromatic nitrogens is 1. The van der Waals surface area contributed by atoms with E-state index in [4.69, 9.17) is 9.59 Å². The fourth-order valence-corrected chi connectivity index (χ4v) is 1.88. The third-order valence-electron chi connectivity index (χ3n) is 2.87. The van der Waals surface area contributed by atoms with Gasteiger partial charge in [0, 0.05) is 24.6 Å². The monoisotopic (exact) mass is 252 g/mol. The minimum Gasteiger partial charge on any atom is -0.355 e. The molecule has 1 fully saturated rings. The van der Waals surface area contributed by atoms with Gasteiger partial charge in [0.25, 0.3) is 0 Å². The van der Waals surface area contributed by atoms with Crippen LogP contribution in [0.1, 0.15) is 24.1 Å². The Hall–Kier alpha value is -2.07. The zero-order valence-corrected chi connectivity index (χ0v) is 10.1. The highest BCUT2D eigenvalue weighted by Gasteiger charge is 2.34. The Kier molecular flexibility index (Phi) is 4.68. The molecule has 0 unspecified atom stereocenters. The van der Waals surface area contributed by atoms with Gasteiger partial charge in [0.05, 0.1) is 5.69 Å². The molecule has 0 aromatic carbocycles. The molecular formula is C12H13FN2O3. The van der Waals surface area contributed by atoms with Crippen molar-refractivity contribution >= 4 is 12.1 Å². The molecule has 1 saturated heterocycles. The lowest BCUT2D eigenvalue weighted by atomic mass is 9.93. The molecular weight excluding hydrogens is 239 g/mol. The van der Waals surface area contributed by atoms with Crippen molar-refractivity contribution in [2.45, 2.75) is 19.8 Å². The van der Waals surface area contributed by atoms with Crippen molar-refractivity contribution < 1.29 is 18.8 Å². The number of hydrogen-bond acceptors (Lipinski definition) is 4. The first-order valence-corrected chi connectivity index (χ1v) is 5.40.